The summed E-state index contributed by atoms with van der Waals surface area (Å²) in [5.41, 5.74) is 3.93. The van der Waals surface area contributed by atoms with E-state index in [9.17, 15) is 4.79 Å². The summed E-state index contributed by atoms with van der Waals surface area (Å²) in [5.74, 6) is -0.108. The molecule has 0 radical (unpaired) electrons. The number of aryl methyl sites for hydroxylation is 1. The first kappa shape index (κ1) is 13.2. The molecule has 0 saturated carbocycles. The predicted molar refractivity (Wildman–Crippen MR) is 84.0 cm³/mol. The van der Waals surface area contributed by atoms with Gasteiger partial charge in [-0.05, 0) is 25.1 Å². The van der Waals surface area contributed by atoms with E-state index in [-0.39, 0.29) is 5.78 Å². The number of anilines is 2. The molecule has 0 aliphatic carbocycles. The third kappa shape index (κ3) is 2.60. The topological polar surface area (TPSA) is 54.9 Å². The van der Waals surface area contributed by atoms with Crippen LogP contribution >= 0.6 is 0 Å². The second kappa shape index (κ2) is 5.32. The third-order valence-electron chi connectivity index (χ3n) is 3.32. The van der Waals surface area contributed by atoms with E-state index in [4.69, 9.17) is 0 Å². The minimum atomic E-state index is -0.108. The van der Waals surface area contributed by atoms with Crippen LogP contribution in [0.2, 0.25) is 0 Å². The van der Waals surface area contributed by atoms with Crippen LogP contribution in [0.3, 0.4) is 0 Å². The van der Waals surface area contributed by atoms with Crippen LogP contribution in [0.5, 0.6) is 0 Å². The fraction of sp³-hybridized carbons (Fsp3) is 0.118. The number of benzene rings is 2. The molecule has 0 aliphatic heterocycles. The van der Waals surface area contributed by atoms with Crippen molar-refractivity contribution in [3.8, 4) is 0 Å². The predicted octanol–water partition coefficient (Wildman–Crippen LogP) is 3.88. The van der Waals surface area contributed by atoms with Crippen LogP contribution < -0.4 is 5.32 Å². The first-order valence-electron chi connectivity index (χ1n) is 6.75. The van der Waals surface area contributed by atoms with Gasteiger partial charge >= 0.3 is 0 Å². The largest absolute Gasteiger partial charge is 0.353 e. The molecule has 1 N–H and O–H groups in total. The van der Waals surface area contributed by atoms with Crippen LogP contribution in [0.1, 0.15) is 23.0 Å². The molecule has 21 heavy (non-hydrogen) atoms. The maximum absolute atomic E-state index is 11.8. The highest BCUT2D eigenvalue weighted by Gasteiger charge is 2.14. The molecule has 0 saturated heterocycles. The monoisotopic (exact) mass is 277 g/mol. The Morgan fingerprint density at radius 2 is 1.71 bits per heavy atom. The van der Waals surface area contributed by atoms with Crippen molar-refractivity contribution >= 4 is 28.1 Å². The third-order valence-corrected chi connectivity index (χ3v) is 3.32. The van der Waals surface area contributed by atoms with Crippen molar-refractivity contribution < 1.29 is 4.79 Å². The van der Waals surface area contributed by atoms with Gasteiger partial charge in [-0.3, -0.25) is 4.79 Å². The van der Waals surface area contributed by atoms with Crippen LogP contribution in [0, 0.1) is 6.92 Å². The summed E-state index contributed by atoms with van der Waals surface area (Å²) >= 11 is 0. The van der Waals surface area contributed by atoms with Gasteiger partial charge in [0.1, 0.15) is 0 Å². The SMILES string of the molecule is CC(=O)c1nnc2ccccc2c1Nc1ccc(C)cc1. The van der Waals surface area contributed by atoms with Crippen LogP contribution in [0.15, 0.2) is 48.5 Å². The van der Waals surface area contributed by atoms with Crippen molar-refractivity contribution in [2.24, 2.45) is 0 Å². The zero-order valence-electron chi connectivity index (χ0n) is 11.9. The van der Waals surface area contributed by atoms with E-state index in [0.29, 0.717) is 11.4 Å². The number of aromatic nitrogens is 2. The van der Waals surface area contributed by atoms with E-state index in [1.165, 1.54) is 12.5 Å². The number of Topliss-reactive ketones (excluding diaryl/α,β-unsaturated/α-hetero) is 1. The summed E-state index contributed by atoms with van der Waals surface area (Å²) in [6, 6.07) is 15.6. The van der Waals surface area contributed by atoms with Gasteiger partial charge in [0.15, 0.2) is 11.5 Å². The molecule has 0 aliphatic rings. The highest BCUT2D eigenvalue weighted by atomic mass is 16.1. The Kier molecular flexibility index (Phi) is 3.36. The molecule has 1 aromatic heterocycles. The molecule has 2 aromatic carbocycles. The Hall–Kier alpha value is -2.75. The van der Waals surface area contributed by atoms with Gasteiger partial charge in [-0.1, -0.05) is 35.9 Å². The normalized spacial score (nSPS) is 10.6. The molecule has 0 unspecified atom stereocenters. The first-order valence-corrected chi connectivity index (χ1v) is 6.75. The van der Waals surface area contributed by atoms with E-state index in [1.54, 1.807) is 0 Å². The first-order chi connectivity index (χ1) is 10.1. The molecule has 1 heterocycles. The quantitative estimate of drug-likeness (QED) is 0.738. The molecule has 3 rings (SSSR count). The number of rotatable bonds is 3. The van der Waals surface area contributed by atoms with Gasteiger partial charge in [-0.2, -0.15) is 0 Å². The van der Waals surface area contributed by atoms with Gasteiger partial charge in [0.05, 0.1) is 11.2 Å². The van der Waals surface area contributed by atoms with Gasteiger partial charge in [0.25, 0.3) is 0 Å². The van der Waals surface area contributed by atoms with Crippen molar-refractivity contribution in [1.29, 1.82) is 0 Å². The smallest absolute Gasteiger partial charge is 0.182 e. The van der Waals surface area contributed by atoms with Gasteiger partial charge in [0.2, 0.25) is 0 Å². The van der Waals surface area contributed by atoms with Crippen LogP contribution in [-0.4, -0.2) is 16.0 Å². The number of hydrogen-bond acceptors (Lipinski definition) is 4. The summed E-state index contributed by atoms with van der Waals surface area (Å²) < 4.78 is 0. The molecule has 0 amide bonds. The molecule has 0 fully saturated rings. The second-order valence-electron chi connectivity index (χ2n) is 4.99. The maximum Gasteiger partial charge on any atom is 0.182 e. The molecule has 0 bridgehead atoms. The number of fused-ring (bicyclic) bond motifs is 1. The van der Waals surface area contributed by atoms with E-state index in [0.717, 1.165) is 16.6 Å². The van der Waals surface area contributed by atoms with Crippen molar-refractivity contribution in [2.45, 2.75) is 13.8 Å². The highest BCUT2D eigenvalue weighted by molar-refractivity contribution is 6.06. The van der Waals surface area contributed by atoms with E-state index in [1.807, 2.05) is 55.5 Å². The number of nitrogens with zero attached hydrogens (tertiary/aromatic N) is 2. The Bertz CT molecular complexity index is 810. The summed E-state index contributed by atoms with van der Waals surface area (Å²) in [6.45, 7) is 3.53. The average Bonchev–Trinajstić information content (AvgIpc) is 2.49. The van der Waals surface area contributed by atoms with E-state index in [2.05, 4.69) is 15.5 Å². The van der Waals surface area contributed by atoms with E-state index < -0.39 is 0 Å². The zero-order chi connectivity index (χ0) is 14.8. The Labute approximate surface area is 122 Å². The Morgan fingerprint density at radius 3 is 2.43 bits per heavy atom. The summed E-state index contributed by atoms with van der Waals surface area (Å²) in [5, 5.41) is 12.4. The Morgan fingerprint density at radius 1 is 1.00 bits per heavy atom. The summed E-state index contributed by atoms with van der Waals surface area (Å²) in [4.78, 5) is 11.8. The average molecular weight is 277 g/mol. The number of carbonyl (C=O) groups excluding carboxylic acids is 1. The number of carbonyl (C=O) groups is 1. The van der Waals surface area contributed by atoms with Crippen molar-refractivity contribution in [3.63, 3.8) is 0 Å². The van der Waals surface area contributed by atoms with Gasteiger partial charge in [-0.15, -0.1) is 10.2 Å². The summed E-state index contributed by atoms with van der Waals surface area (Å²) in [7, 11) is 0. The molecule has 3 aromatic rings. The Balaban J connectivity index is 2.16. The highest BCUT2D eigenvalue weighted by Crippen LogP contribution is 2.28. The van der Waals surface area contributed by atoms with Gasteiger partial charge in [-0.25, -0.2) is 0 Å². The molecular formula is C17H15N3O. The minimum absolute atomic E-state index is 0.108. The molecule has 0 atom stereocenters. The molecular weight excluding hydrogens is 262 g/mol. The molecule has 0 spiro atoms. The van der Waals surface area contributed by atoms with Crippen LogP contribution in [0.25, 0.3) is 10.9 Å². The van der Waals surface area contributed by atoms with E-state index >= 15 is 0 Å². The number of nitrogens with one attached hydrogen (secondary N) is 1. The van der Waals surface area contributed by atoms with Crippen molar-refractivity contribution in [1.82, 2.24) is 10.2 Å². The second-order valence-corrected chi connectivity index (χ2v) is 4.99. The van der Waals surface area contributed by atoms with Crippen molar-refractivity contribution in [3.05, 3.63) is 59.8 Å². The molecule has 4 nitrogen and oxygen atoms in total. The zero-order valence-corrected chi connectivity index (χ0v) is 11.9. The standard InChI is InChI=1S/C17H15N3O/c1-11-7-9-13(10-8-11)18-17-14-5-3-4-6-15(14)19-20-16(17)12(2)21/h3-10H,1-2H3,(H,18,19). The fourth-order valence-electron chi connectivity index (χ4n) is 2.21. The molecule has 4 heteroatoms. The molecule has 104 valence electrons. The minimum Gasteiger partial charge on any atom is -0.353 e. The number of hydrogen-bond donors (Lipinski definition) is 1. The lowest BCUT2D eigenvalue weighted by atomic mass is 10.1. The lowest BCUT2D eigenvalue weighted by Crippen LogP contribution is -2.06. The van der Waals surface area contributed by atoms with Gasteiger partial charge < -0.3 is 5.32 Å². The fourth-order valence-corrected chi connectivity index (χ4v) is 2.21. The van der Waals surface area contributed by atoms with Gasteiger partial charge in [0, 0.05) is 18.0 Å². The summed E-state index contributed by atoms with van der Waals surface area (Å²) in [6.07, 6.45) is 0. The van der Waals surface area contributed by atoms with Crippen molar-refractivity contribution in [2.75, 3.05) is 5.32 Å². The number of ketones is 1. The van der Waals surface area contributed by atoms with Crippen LogP contribution in [-0.2, 0) is 0 Å². The lowest BCUT2D eigenvalue weighted by Gasteiger charge is -2.12. The maximum atomic E-state index is 11.8. The van der Waals surface area contributed by atoms with Crippen LogP contribution in [0.4, 0.5) is 11.4 Å². The lowest BCUT2D eigenvalue weighted by molar-refractivity contribution is 0.101.